The van der Waals surface area contributed by atoms with Crippen LogP contribution < -0.4 is 10.2 Å². The number of thioether (sulfide) groups is 1. The summed E-state index contributed by atoms with van der Waals surface area (Å²) in [5.74, 6) is -0.965. The lowest BCUT2D eigenvalue weighted by atomic mass is 10.1. The van der Waals surface area contributed by atoms with Gasteiger partial charge in [0, 0.05) is 18.5 Å². The van der Waals surface area contributed by atoms with Crippen LogP contribution in [0.2, 0.25) is 0 Å². The summed E-state index contributed by atoms with van der Waals surface area (Å²) < 4.78 is 48.3. The van der Waals surface area contributed by atoms with Crippen LogP contribution in [0.25, 0.3) is 0 Å². The summed E-state index contributed by atoms with van der Waals surface area (Å²) in [4.78, 5) is 32.2. The Balaban J connectivity index is 1.69. The molecule has 0 aliphatic carbocycles. The number of halogens is 3. The van der Waals surface area contributed by atoms with Crippen molar-refractivity contribution in [1.29, 1.82) is 0 Å². The van der Waals surface area contributed by atoms with Gasteiger partial charge in [0.1, 0.15) is 12.0 Å². The topological polar surface area (TPSA) is 82.3 Å². The third kappa shape index (κ3) is 4.97. The minimum Gasteiger partial charge on any atom is -0.464 e. The number of ether oxygens (including phenoxy) is 1. The average molecular weight is 408 g/mol. The van der Waals surface area contributed by atoms with Crippen molar-refractivity contribution < 1.29 is 27.1 Å². The molecule has 0 saturated carbocycles. The molecule has 0 amide bonds. The summed E-state index contributed by atoms with van der Waals surface area (Å²) in [6.45, 7) is 0. The molecule has 1 aromatic carbocycles. The van der Waals surface area contributed by atoms with Crippen LogP contribution in [-0.4, -0.2) is 15.9 Å². The zero-order valence-electron chi connectivity index (χ0n) is 14.0. The highest BCUT2D eigenvalue weighted by atomic mass is 32.2. The summed E-state index contributed by atoms with van der Waals surface area (Å²) in [6.07, 6.45) is -0.518. The van der Waals surface area contributed by atoms with Gasteiger partial charge in [0.05, 0.1) is 16.9 Å². The van der Waals surface area contributed by atoms with Crippen LogP contribution in [0.15, 0.2) is 69.4 Å². The predicted molar refractivity (Wildman–Crippen MR) is 93.0 cm³/mol. The van der Waals surface area contributed by atoms with E-state index in [9.17, 15) is 22.8 Å². The number of hydrogen-bond acceptors (Lipinski definition) is 7. The highest BCUT2D eigenvalue weighted by Crippen LogP contribution is 2.29. The fraction of sp³-hybridized carbons (Fsp3) is 0.111. The van der Waals surface area contributed by atoms with Crippen LogP contribution in [0.4, 0.5) is 13.2 Å². The Morgan fingerprint density at radius 3 is 2.57 bits per heavy atom. The Labute approximate surface area is 160 Å². The second-order valence-corrected chi connectivity index (χ2v) is 6.31. The third-order valence-corrected chi connectivity index (χ3v) is 4.26. The first-order valence-electron chi connectivity index (χ1n) is 7.74. The van der Waals surface area contributed by atoms with Gasteiger partial charge in [-0.25, -0.2) is 14.8 Å². The van der Waals surface area contributed by atoms with Gasteiger partial charge in [-0.2, -0.15) is 13.2 Å². The van der Waals surface area contributed by atoms with Gasteiger partial charge < -0.3 is 9.15 Å². The van der Waals surface area contributed by atoms with Crippen LogP contribution >= 0.6 is 11.8 Å². The molecule has 0 aliphatic rings. The van der Waals surface area contributed by atoms with Crippen molar-refractivity contribution in [2.45, 2.75) is 17.1 Å². The molecular weight excluding hydrogens is 397 g/mol. The van der Waals surface area contributed by atoms with Gasteiger partial charge in [-0.1, -0.05) is 17.8 Å². The minimum absolute atomic E-state index is 0.265. The van der Waals surface area contributed by atoms with E-state index in [1.54, 1.807) is 18.5 Å². The Kier molecular flexibility index (Phi) is 5.78. The summed E-state index contributed by atoms with van der Waals surface area (Å²) in [5, 5.41) is 0.491. The van der Waals surface area contributed by atoms with E-state index in [1.165, 1.54) is 11.8 Å². The molecule has 0 spiro atoms. The SMILES string of the molecule is O=C(Oc1coc(CSc2ncccn2)cc1=O)c1cccc(C(F)(F)F)c1. The molecular formula is C18H11F3N2O4S. The van der Waals surface area contributed by atoms with Gasteiger partial charge in [0.15, 0.2) is 5.16 Å². The molecule has 28 heavy (non-hydrogen) atoms. The summed E-state index contributed by atoms with van der Waals surface area (Å²) in [7, 11) is 0. The quantitative estimate of drug-likeness (QED) is 0.359. The zero-order chi connectivity index (χ0) is 20.1. The number of carbonyl (C=O) groups excluding carboxylic acids is 1. The number of carbonyl (C=O) groups is 1. The normalized spacial score (nSPS) is 11.2. The van der Waals surface area contributed by atoms with E-state index in [0.29, 0.717) is 17.0 Å². The lowest BCUT2D eigenvalue weighted by Gasteiger charge is -2.08. The molecule has 10 heteroatoms. The molecule has 3 aromatic rings. The Hall–Kier alpha value is -3.14. The van der Waals surface area contributed by atoms with Gasteiger partial charge in [-0.15, -0.1) is 0 Å². The van der Waals surface area contributed by atoms with Crippen molar-refractivity contribution in [3.05, 3.63) is 82.2 Å². The number of esters is 1. The second-order valence-electron chi connectivity index (χ2n) is 5.36. The zero-order valence-corrected chi connectivity index (χ0v) is 14.8. The number of nitrogens with zero attached hydrogens (tertiary/aromatic N) is 2. The minimum atomic E-state index is -4.60. The first-order valence-corrected chi connectivity index (χ1v) is 8.72. The number of benzene rings is 1. The highest BCUT2D eigenvalue weighted by molar-refractivity contribution is 7.98. The van der Waals surface area contributed by atoms with Gasteiger partial charge in [-0.05, 0) is 24.3 Å². The van der Waals surface area contributed by atoms with Gasteiger partial charge >= 0.3 is 12.1 Å². The van der Waals surface area contributed by atoms with Crippen LogP contribution in [0, 0.1) is 0 Å². The molecule has 0 fully saturated rings. The first kappa shape index (κ1) is 19.6. The number of rotatable bonds is 5. The van der Waals surface area contributed by atoms with E-state index in [-0.39, 0.29) is 11.3 Å². The number of alkyl halides is 3. The van der Waals surface area contributed by atoms with E-state index in [0.717, 1.165) is 30.5 Å². The van der Waals surface area contributed by atoms with Gasteiger partial charge in [0.25, 0.3) is 0 Å². The molecule has 6 nitrogen and oxygen atoms in total. The van der Waals surface area contributed by atoms with Crippen LogP contribution in [0.5, 0.6) is 5.75 Å². The van der Waals surface area contributed by atoms with Crippen molar-refractivity contribution >= 4 is 17.7 Å². The molecule has 0 N–H and O–H groups in total. The monoisotopic (exact) mass is 408 g/mol. The highest BCUT2D eigenvalue weighted by Gasteiger charge is 2.31. The van der Waals surface area contributed by atoms with Crippen LogP contribution in [0.3, 0.4) is 0 Å². The maximum atomic E-state index is 12.7. The standard InChI is InChI=1S/C18H11F3N2O4S/c19-18(20,21)12-4-1-3-11(7-12)16(25)27-15-9-26-13(8-14(15)24)10-28-17-22-5-2-6-23-17/h1-9H,10H2. The number of aromatic nitrogens is 2. The van der Waals surface area contributed by atoms with Crippen molar-refractivity contribution in [2.75, 3.05) is 0 Å². The van der Waals surface area contributed by atoms with E-state index in [4.69, 9.17) is 9.15 Å². The molecule has 2 heterocycles. The molecule has 0 atom stereocenters. The van der Waals surface area contributed by atoms with Gasteiger partial charge in [-0.3, -0.25) is 4.79 Å². The Bertz CT molecular complexity index is 1040. The van der Waals surface area contributed by atoms with Crippen molar-refractivity contribution in [3.8, 4) is 5.75 Å². The van der Waals surface area contributed by atoms with Crippen LogP contribution in [0.1, 0.15) is 21.7 Å². The fourth-order valence-corrected chi connectivity index (χ4v) is 2.76. The molecule has 0 radical (unpaired) electrons. The van der Waals surface area contributed by atoms with Crippen molar-refractivity contribution in [3.63, 3.8) is 0 Å². The molecule has 0 unspecified atom stereocenters. The smallest absolute Gasteiger partial charge is 0.416 e. The first-order chi connectivity index (χ1) is 13.3. The maximum absolute atomic E-state index is 12.7. The third-order valence-electron chi connectivity index (χ3n) is 3.37. The molecule has 144 valence electrons. The lowest BCUT2D eigenvalue weighted by molar-refractivity contribution is -0.137. The van der Waals surface area contributed by atoms with E-state index < -0.39 is 28.9 Å². The molecule has 3 rings (SSSR count). The second kappa shape index (κ2) is 8.26. The largest absolute Gasteiger partial charge is 0.464 e. The van der Waals surface area contributed by atoms with E-state index in [2.05, 4.69) is 9.97 Å². The Morgan fingerprint density at radius 1 is 1.14 bits per heavy atom. The lowest BCUT2D eigenvalue weighted by Crippen LogP contribution is -2.15. The molecule has 0 saturated heterocycles. The average Bonchev–Trinajstić information content (AvgIpc) is 2.68. The molecule has 0 bridgehead atoms. The van der Waals surface area contributed by atoms with Crippen LogP contribution in [-0.2, 0) is 11.9 Å². The molecule has 2 aromatic heterocycles. The summed E-state index contributed by atoms with van der Waals surface area (Å²) in [5.41, 5.74) is -1.98. The Morgan fingerprint density at radius 2 is 1.89 bits per heavy atom. The number of hydrogen-bond donors (Lipinski definition) is 0. The molecule has 0 aliphatic heterocycles. The van der Waals surface area contributed by atoms with E-state index in [1.807, 2.05) is 0 Å². The van der Waals surface area contributed by atoms with Crippen molar-refractivity contribution in [1.82, 2.24) is 9.97 Å². The summed E-state index contributed by atoms with van der Waals surface area (Å²) in [6, 6.07) is 6.50. The summed E-state index contributed by atoms with van der Waals surface area (Å²) >= 11 is 1.23. The van der Waals surface area contributed by atoms with Crippen molar-refractivity contribution in [2.24, 2.45) is 0 Å². The predicted octanol–water partition coefficient (Wildman–Crippen LogP) is 3.96. The maximum Gasteiger partial charge on any atom is 0.416 e. The fourth-order valence-electron chi connectivity index (χ4n) is 2.07. The van der Waals surface area contributed by atoms with Gasteiger partial charge in [0.2, 0.25) is 11.2 Å². The van der Waals surface area contributed by atoms with E-state index >= 15 is 0 Å².